The predicted octanol–water partition coefficient (Wildman–Crippen LogP) is 3.66. The van der Waals surface area contributed by atoms with E-state index in [0.29, 0.717) is 0 Å². The number of thiophene rings is 1. The van der Waals surface area contributed by atoms with Crippen LogP contribution in [0.25, 0.3) is 10.2 Å². The van der Waals surface area contributed by atoms with Crippen LogP contribution in [0.3, 0.4) is 0 Å². The van der Waals surface area contributed by atoms with E-state index in [-0.39, 0.29) is 11.7 Å². The Balaban J connectivity index is 1.76. The number of amides is 1. The molecule has 5 nitrogen and oxygen atoms in total. The van der Waals surface area contributed by atoms with Crippen molar-refractivity contribution in [2.45, 2.75) is 57.0 Å². The van der Waals surface area contributed by atoms with Gasteiger partial charge in [-0.25, -0.2) is 9.97 Å². The van der Waals surface area contributed by atoms with Gasteiger partial charge in [-0.05, 0) is 52.0 Å². The molecular formula is C17H20N4OS2. The molecule has 0 radical (unpaired) electrons. The molecule has 1 fully saturated rings. The molecule has 0 unspecified atom stereocenters. The number of nitriles is 1. The van der Waals surface area contributed by atoms with Crippen LogP contribution in [-0.2, 0) is 4.79 Å². The molecule has 3 rings (SSSR count). The maximum absolute atomic E-state index is 12.3. The van der Waals surface area contributed by atoms with Crippen LogP contribution < -0.4 is 5.32 Å². The number of carbonyl (C=O) groups is 1. The number of aromatic nitrogens is 2. The van der Waals surface area contributed by atoms with Crippen LogP contribution in [-0.4, -0.2) is 27.2 Å². The van der Waals surface area contributed by atoms with Gasteiger partial charge in [-0.3, -0.25) is 4.79 Å². The minimum Gasteiger partial charge on any atom is -0.337 e. The second kappa shape index (κ2) is 6.69. The number of nitrogens with zero attached hydrogens (tertiary/aromatic N) is 3. The molecule has 126 valence electrons. The lowest BCUT2D eigenvalue weighted by Crippen LogP contribution is -2.45. The smallest absolute Gasteiger partial charge is 0.231 e. The zero-order chi connectivity index (χ0) is 17.3. The van der Waals surface area contributed by atoms with Crippen LogP contribution in [0.4, 0.5) is 0 Å². The lowest BCUT2D eigenvalue weighted by molar-refractivity contribution is -0.119. The fraction of sp³-hybridized carbons (Fsp3) is 0.529. The summed E-state index contributed by atoms with van der Waals surface area (Å²) in [5.41, 5.74) is 0.519. The summed E-state index contributed by atoms with van der Waals surface area (Å²) in [5.74, 6) is 0.886. The van der Waals surface area contributed by atoms with Gasteiger partial charge in [0.1, 0.15) is 21.2 Å². The Morgan fingerprint density at radius 3 is 2.71 bits per heavy atom. The Bertz CT molecular complexity index is 831. The van der Waals surface area contributed by atoms with Crippen LogP contribution >= 0.6 is 23.1 Å². The van der Waals surface area contributed by atoms with Crippen molar-refractivity contribution in [3.05, 3.63) is 16.3 Å². The largest absolute Gasteiger partial charge is 0.337 e. The first-order chi connectivity index (χ1) is 11.4. The van der Waals surface area contributed by atoms with Crippen molar-refractivity contribution in [1.29, 1.82) is 5.26 Å². The van der Waals surface area contributed by atoms with E-state index in [1.54, 1.807) is 11.3 Å². The molecule has 1 saturated carbocycles. The summed E-state index contributed by atoms with van der Waals surface area (Å²) < 4.78 is 0. The van der Waals surface area contributed by atoms with E-state index in [4.69, 9.17) is 0 Å². The van der Waals surface area contributed by atoms with Gasteiger partial charge in [-0.15, -0.1) is 11.3 Å². The molecule has 2 aromatic rings. The summed E-state index contributed by atoms with van der Waals surface area (Å²) >= 11 is 3.09. The van der Waals surface area contributed by atoms with Crippen LogP contribution in [0.1, 0.15) is 41.9 Å². The van der Waals surface area contributed by atoms with E-state index in [2.05, 4.69) is 35.2 Å². The maximum atomic E-state index is 12.3. The van der Waals surface area contributed by atoms with Gasteiger partial charge >= 0.3 is 0 Å². The maximum Gasteiger partial charge on any atom is 0.231 e. The highest BCUT2D eigenvalue weighted by atomic mass is 32.2. The van der Waals surface area contributed by atoms with E-state index in [9.17, 15) is 10.1 Å². The topological polar surface area (TPSA) is 78.7 Å². The second-order valence-electron chi connectivity index (χ2n) is 6.28. The molecule has 2 aromatic heterocycles. The lowest BCUT2D eigenvalue weighted by atomic mass is 10.0. The molecule has 1 amide bonds. The monoisotopic (exact) mass is 360 g/mol. The van der Waals surface area contributed by atoms with Crippen molar-refractivity contribution in [2.75, 3.05) is 5.75 Å². The minimum absolute atomic E-state index is 0.0996. The Morgan fingerprint density at radius 2 is 2.04 bits per heavy atom. The Hall–Kier alpha value is -1.65. The van der Waals surface area contributed by atoms with E-state index in [1.807, 2.05) is 6.92 Å². The van der Waals surface area contributed by atoms with Crippen molar-refractivity contribution in [3.8, 4) is 6.07 Å². The number of hydrogen-bond acceptors (Lipinski definition) is 6. The number of fused-ring (bicyclic) bond motifs is 1. The van der Waals surface area contributed by atoms with Crippen LogP contribution in [0, 0.1) is 32.1 Å². The second-order valence-corrected chi connectivity index (χ2v) is 8.44. The molecule has 1 aliphatic rings. The minimum atomic E-state index is -0.663. The SMILES string of the molecule is Cc1nc(SCC(=O)NC2(C#N)CCCC2)c2c(C)c(C)sc2n1. The molecule has 0 bridgehead atoms. The third-order valence-corrected chi connectivity index (χ3v) is 6.57. The lowest BCUT2D eigenvalue weighted by Gasteiger charge is -2.21. The quantitative estimate of drug-likeness (QED) is 0.665. The van der Waals surface area contributed by atoms with Gasteiger partial charge in [0.15, 0.2) is 0 Å². The van der Waals surface area contributed by atoms with Crippen molar-refractivity contribution in [3.63, 3.8) is 0 Å². The summed E-state index contributed by atoms with van der Waals surface area (Å²) in [6.07, 6.45) is 3.50. The Morgan fingerprint density at radius 1 is 1.33 bits per heavy atom. The van der Waals surface area contributed by atoms with Gasteiger partial charge in [-0.1, -0.05) is 11.8 Å². The zero-order valence-corrected chi connectivity index (χ0v) is 15.7. The summed E-state index contributed by atoms with van der Waals surface area (Å²) in [5, 5.41) is 14.2. The molecule has 0 aliphatic heterocycles. The van der Waals surface area contributed by atoms with E-state index in [0.717, 1.165) is 46.8 Å². The average Bonchev–Trinajstić information content (AvgIpc) is 3.11. The highest BCUT2D eigenvalue weighted by molar-refractivity contribution is 8.00. The molecule has 1 aliphatic carbocycles. The van der Waals surface area contributed by atoms with Crippen LogP contribution in [0.2, 0.25) is 0 Å². The van der Waals surface area contributed by atoms with Crippen LogP contribution in [0.15, 0.2) is 5.03 Å². The fourth-order valence-electron chi connectivity index (χ4n) is 3.10. The molecule has 24 heavy (non-hydrogen) atoms. The standard InChI is InChI=1S/C17H20N4OS2/c1-10-11(2)24-16-14(10)15(19-12(3)20-16)23-8-13(22)21-17(9-18)6-4-5-7-17/h4-8H2,1-3H3,(H,21,22). The zero-order valence-electron chi connectivity index (χ0n) is 14.1. The van der Waals surface area contributed by atoms with Crippen molar-refractivity contribution >= 4 is 39.2 Å². The van der Waals surface area contributed by atoms with E-state index in [1.165, 1.54) is 22.2 Å². The molecule has 2 heterocycles. The molecule has 0 atom stereocenters. The molecule has 7 heteroatoms. The normalized spacial score (nSPS) is 16.2. The van der Waals surface area contributed by atoms with E-state index >= 15 is 0 Å². The highest BCUT2D eigenvalue weighted by Crippen LogP contribution is 2.35. The van der Waals surface area contributed by atoms with E-state index < -0.39 is 5.54 Å². The van der Waals surface area contributed by atoms with Gasteiger partial charge in [0.25, 0.3) is 0 Å². The number of hydrogen-bond donors (Lipinski definition) is 1. The molecular weight excluding hydrogens is 340 g/mol. The fourth-order valence-corrected chi connectivity index (χ4v) is 5.17. The van der Waals surface area contributed by atoms with Crippen LogP contribution in [0.5, 0.6) is 0 Å². The first-order valence-corrected chi connectivity index (χ1v) is 9.84. The number of thioether (sulfide) groups is 1. The van der Waals surface area contributed by atoms with Gasteiger partial charge < -0.3 is 5.32 Å². The first-order valence-electron chi connectivity index (χ1n) is 8.03. The van der Waals surface area contributed by atoms with Crippen molar-refractivity contribution < 1.29 is 4.79 Å². The highest BCUT2D eigenvalue weighted by Gasteiger charge is 2.35. The predicted molar refractivity (Wildman–Crippen MR) is 97.3 cm³/mol. The van der Waals surface area contributed by atoms with Gasteiger partial charge in [0, 0.05) is 10.3 Å². The summed E-state index contributed by atoms with van der Waals surface area (Å²) in [6, 6.07) is 2.29. The molecule has 0 aromatic carbocycles. The summed E-state index contributed by atoms with van der Waals surface area (Å²) in [4.78, 5) is 23.6. The van der Waals surface area contributed by atoms with Gasteiger partial charge in [0.2, 0.25) is 5.91 Å². The third-order valence-electron chi connectivity index (χ3n) is 4.50. The molecule has 0 spiro atoms. The van der Waals surface area contributed by atoms with Gasteiger partial charge in [-0.2, -0.15) is 5.26 Å². The first kappa shape index (κ1) is 17.2. The molecule has 0 saturated heterocycles. The number of nitrogens with one attached hydrogen (secondary N) is 1. The molecule has 1 N–H and O–H groups in total. The number of rotatable bonds is 4. The number of aryl methyl sites for hydroxylation is 3. The van der Waals surface area contributed by atoms with Gasteiger partial charge in [0.05, 0.1) is 11.8 Å². The number of carbonyl (C=O) groups excluding carboxylic acids is 1. The van der Waals surface area contributed by atoms with Crippen molar-refractivity contribution in [1.82, 2.24) is 15.3 Å². The third kappa shape index (κ3) is 3.26. The summed E-state index contributed by atoms with van der Waals surface area (Å²) in [7, 11) is 0. The van der Waals surface area contributed by atoms with Crippen molar-refractivity contribution in [2.24, 2.45) is 0 Å². The average molecular weight is 361 g/mol. The Labute approximate surface area is 149 Å². The summed E-state index contributed by atoms with van der Waals surface area (Å²) in [6.45, 7) is 6.02. The Kier molecular flexibility index (Phi) is 4.79.